The predicted molar refractivity (Wildman–Crippen MR) is 80.7 cm³/mol. The predicted octanol–water partition coefficient (Wildman–Crippen LogP) is 1.94. The number of carbonyl (C=O) groups excluding carboxylic acids is 1. The Balaban J connectivity index is 2.02. The third-order valence-corrected chi connectivity index (χ3v) is 4.24. The molecule has 3 N–H and O–H groups in total. The summed E-state index contributed by atoms with van der Waals surface area (Å²) in [4.78, 5) is 12.5. The molecular formula is C16H24N2O2. The van der Waals surface area contributed by atoms with Gasteiger partial charge in [0, 0.05) is 18.8 Å². The number of aliphatic hydroxyl groups excluding tert-OH is 1. The van der Waals surface area contributed by atoms with Gasteiger partial charge in [0.2, 0.25) is 5.91 Å². The second-order valence-electron chi connectivity index (χ2n) is 5.54. The highest BCUT2D eigenvalue weighted by Crippen LogP contribution is 2.31. The first-order valence-electron chi connectivity index (χ1n) is 7.42. The molecule has 0 aromatic heterocycles. The highest BCUT2D eigenvalue weighted by molar-refractivity contribution is 5.95. The second kappa shape index (κ2) is 6.86. The largest absolute Gasteiger partial charge is 0.396 e. The van der Waals surface area contributed by atoms with Gasteiger partial charge in [-0.2, -0.15) is 0 Å². The molecule has 0 spiro atoms. The first-order chi connectivity index (χ1) is 9.70. The molecule has 1 aromatic rings. The van der Waals surface area contributed by atoms with Crippen LogP contribution in [-0.4, -0.2) is 30.7 Å². The minimum Gasteiger partial charge on any atom is -0.396 e. The molecular weight excluding hydrogens is 252 g/mol. The summed E-state index contributed by atoms with van der Waals surface area (Å²) in [6, 6.07) is 7.71. The fourth-order valence-corrected chi connectivity index (χ4v) is 2.77. The Bertz CT molecular complexity index is 436. The fraction of sp³-hybridized carbons (Fsp3) is 0.562. The van der Waals surface area contributed by atoms with Crippen molar-refractivity contribution < 1.29 is 9.90 Å². The van der Waals surface area contributed by atoms with Crippen molar-refractivity contribution in [3.8, 4) is 0 Å². The minimum absolute atomic E-state index is 0.113. The monoisotopic (exact) mass is 276 g/mol. The summed E-state index contributed by atoms with van der Waals surface area (Å²) >= 11 is 0. The number of aliphatic hydroxyl groups is 1. The number of nitrogens with one attached hydrogen (secondary N) is 2. The van der Waals surface area contributed by atoms with Gasteiger partial charge in [0.15, 0.2) is 0 Å². The van der Waals surface area contributed by atoms with Gasteiger partial charge in [-0.25, -0.2) is 0 Å². The summed E-state index contributed by atoms with van der Waals surface area (Å²) in [6.45, 7) is 4.00. The molecule has 0 aliphatic carbocycles. The number of amides is 1. The minimum atomic E-state index is -0.276. The average molecular weight is 276 g/mol. The van der Waals surface area contributed by atoms with E-state index in [1.54, 1.807) is 0 Å². The smallest absolute Gasteiger partial charge is 0.231 e. The second-order valence-corrected chi connectivity index (χ2v) is 5.54. The molecule has 1 aromatic carbocycles. The number of rotatable bonds is 5. The normalized spacial score (nSPS) is 22.5. The van der Waals surface area contributed by atoms with E-state index in [4.69, 9.17) is 5.11 Å². The molecule has 1 heterocycles. The van der Waals surface area contributed by atoms with Crippen molar-refractivity contribution in [3.63, 3.8) is 0 Å². The molecule has 0 radical (unpaired) electrons. The van der Waals surface area contributed by atoms with E-state index >= 15 is 0 Å². The van der Waals surface area contributed by atoms with Crippen LogP contribution in [0.3, 0.4) is 0 Å². The fourth-order valence-electron chi connectivity index (χ4n) is 2.77. The van der Waals surface area contributed by atoms with E-state index in [0.29, 0.717) is 6.42 Å². The van der Waals surface area contributed by atoms with Crippen molar-refractivity contribution in [2.24, 2.45) is 5.41 Å². The van der Waals surface area contributed by atoms with Gasteiger partial charge in [-0.15, -0.1) is 0 Å². The number of hydrogen-bond donors (Lipinski definition) is 3. The first kappa shape index (κ1) is 15.0. The summed E-state index contributed by atoms with van der Waals surface area (Å²) < 4.78 is 0. The molecule has 2 rings (SSSR count). The lowest BCUT2D eigenvalue weighted by molar-refractivity contribution is -0.126. The number of benzene rings is 1. The molecule has 1 aliphatic heterocycles. The van der Waals surface area contributed by atoms with Crippen LogP contribution in [0.25, 0.3) is 0 Å². The zero-order chi connectivity index (χ0) is 14.4. The molecule has 1 unspecified atom stereocenters. The average Bonchev–Trinajstić information content (AvgIpc) is 2.50. The van der Waals surface area contributed by atoms with Gasteiger partial charge in [0.25, 0.3) is 0 Å². The Labute approximate surface area is 120 Å². The summed E-state index contributed by atoms with van der Waals surface area (Å²) in [5, 5.41) is 15.3. The van der Waals surface area contributed by atoms with E-state index in [0.717, 1.165) is 43.6 Å². The Morgan fingerprint density at radius 1 is 1.40 bits per heavy atom. The van der Waals surface area contributed by atoms with E-state index in [2.05, 4.69) is 17.6 Å². The van der Waals surface area contributed by atoms with Crippen LogP contribution in [0, 0.1) is 5.41 Å². The van der Waals surface area contributed by atoms with Crippen LogP contribution in [0.2, 0.25) is 0 Å². The Morgan fingerprint density at radius 3 is 2.70 bits per heavy atom. The summed E-state index contributed by atoms with van der Waals surface area (Å²) in [5.74, 6) is 0.113. The summed E-state index contributed by atoms with van der Waals surface area (Å²) in [6.07, 6.45) is 3.51. The maximum atomic E-state index is 12.5. The Hall–Kier alpha value is -1.39. The van der Waals surface area contributed by atoms with E-state index in [9.17, 15) is 4.79 Å². The SMILES string of the molecule is CCC1(C(=O)Nc2ccc(CCO)cc2)CCCNC1. The number of hydrogen-bond acceptors (Lipinski definition) is 3. The molecule has 1 aliphatic rings. The molecule has 1 saturated heterocycles. The van der Waals surface area contributed by atoms with Gasteiger partial charge in [-0.3, -0.25) is 4.79 Å². The lowest BCUT2D eigenvalue weighted by Crippen LogP contribution is -2.47. The van der Waals surface area contributed by atoms with Crippen LogP contribution in [0.1, 0.15) is 31.7 Å². The third kappa shape index (κ3) is 3.38. The van der Waals surface area contributed by atoms with E-state index < -0.39 is 0 Å². The summed E-state index contributed by atoms with van der Waals surface area (Å²) in [5.41, 5.74) is 1.63. The first-order valence-corrected chi connectivity index (χ1v) is 7.42. The number of piperidine rings is 1. The van der Waals surface area contributed by atoms with Gasteiger partial charge < -0.3 is 15.7 Å². The molecule has 110 valence electrons. The van der Waals surface area contributed by atoms with Gasteiger partial charge in [0.05, 0.1) is 5.41 Å². The van der Waals surface area contributed by atoms with E-state index in [1.165, 1.54) is 0 Å². The van der Waals surface area contributed by atoms with Gasteiger partial charge >= 0.3 is 0 Å². The third-order valence-electron chi connectivity index (χ3n) is 4.24. The van der Waals surface area contributed by atoms with Gasteiger partial charge in [0.1, 0.15) is 0 Å². The quantitative estimate of drug-likeness (QED) is 0.770. The Kier molecular flexibility index (Phi) is 5.15. The molecule has 4 heteroatoms. The molecule has 4 nitrogen and oxygen atoms in total. The van der Waals surface area contributed by atoms with E-state index in [-0.39, 0.29) is 17.9 Å². The van der Waals surface area contributed by atoms with Crippen LogP contribution in [0.15, 0.2) is 24.3 Å². The molecule has 1 fully saturated rings. The maximum absolute atomic E-state index is 12.5. The highest BCUT2D eigenvalue weighted by Gasteiger charge is 2.37. The topological polar surface area (TPSA) is 61.4 Å². The van der Waals surface area contributed by atoms with Gasteiger partial charge in [-0.1, -0.05) is 19.1 Å². The van der Waals surface area contributed by atoms with Gasteiger partial charge in [-0.05, 0) is 49.9 Å². The highest BCUT2D eigenvalue weighted by atomic mass is 16.2. The van der Waals surface area contributed by atoms with Crippen molar-refractivity contribution in [2.75, 3.05) is 25.0 Å². The lowest BCUT2D eigenvalue weighted by Gasteiger charge is -2.35. The molecule has 1 amide bonds. The Morgan fingerprint density at radius 2 is 2.15 bits per heavy atom. The number of carbonyl (C=O) groups is 1. The molecule has 20 heavy (non-hydrogen) atoms. The van der Waals surface area contributed by atoms with Crippen molar-refractivity contribution in [3.05, 3.63) is 29.8 Å². The van der Waals surface area contributed by atoms with Crippen LogP contribution in [-0.2, 0) is 11.2 Å². The standard InChI is InChI=1S/C16H24N2O2/c1-2-16(9-3-10-17-12-16)15(20)18-14-6-4-13(5-7-14)8-11-19/h4-7,17,19H,2-3,8-12H2,1H3,(H,18,20). The van der Waals surface area contributed by atoms with Crippen LogP contribution < -0.4 is 10.6 Å². The zero-order valence-electron chi connectivity index (χ0n) is 12.1. The molecule has 1 atom stereocenters. The van der Waals surface area contributed by atoms with Crippen molar-refractivity contribution in [2.45, 2.75) is 32.6 Å². The lowest BCUT2D eigenvalue weighted by atomic mass is 9.77. The van der Waals surface area contributed by atoms with Crippen molar-refractivity contribution in [1.82, 2.24) is 5.32 Å². The molecule has 0 saturated carbocycles. The van der Waals surface area contributed by atoms with Crippen LogP contribution in [0.4, 0.5) is 5.69 Å². The zero-order valence-corrected chi connectivity index (χ0v) is 12.1. The summed E-state index contributed by atoms with van der Waals surface area (Å²) in [7, 11) is 0. The van der Waals surface area contributed by atoms with E-state index in [1.807, 2.05) is 24.3 Å². The number of anilines is 1. The molecule has 0 bridgehead atoms. The van der Waals surface area contributed by atoms with Crippen LogP contribution in [0.5, 0.6) is 0 Å². The van der Waals surface area contributed by atoms with Crippen molar-refractivity contribution >= 4 is 11.6 Å². The van der Waals surface area contributed by atoms with Crippen molar-refractivity contribution in [1.29, 1.82) is 0 Å². The maximum Gasteiger partial charge on any atom is 0.231 e. The van der Waals surface area contributed by atoms with Crippen LogP contribution >= 0.6 is 0 Å².